The van der Waals surface area contributed by atoms with Crippen molar-refractivity contribution in [2.45, 2.75) is 13.0 Å². The Hall–Kier alpha value is -1.44. The summed E-state index contributed by atoms with van der Waals surface area (Å²) < 4.78 is 2.01. The van der Waals surface area contributed by atoms with E-state index in [9.17, 15) is 4.79 Å². The minimum atomic E-state index is 0.0354. The lowest BCUT2D eigenvalue weighted by Gasteiger charge is -2.38. The molecule has 0 saturated carbocycles. The van der Waals surface area contributed by atoms with Crippen molar-refractivity contribution in [2.24, 2.45) is 7.05 Å². The number of aromatic nitrogens is 2. The molecule has 7 nitrogen and oxygen atoms in total. The van der Waals surface area contributed by atoms with E-state index in [-0.39, 0.29) is 11.9 Å². The van der Waals surface area contributed by atoms with Crippen LogP contribution in [0.15, 0.2) is 12.4 Å². The predicted molar refractivity (Wildman–Crippen MR) is 89.1 cm³/mol. The average molecular weight is 320 g/mol. The number of carbonyl (C=O) groups is 1. The zero-order valence-corrected chi connectivity index (χ0v) is 14.2. The van der Waals surface area contributed by atoms with Crippen LogP contribution in [0.2, 0.25) is 0 Å². The number of nitrogens with zero attached hydrogens (tertiary/aromatic N) is 5. The molecule has 2 aliphatic rings. The van der Waals surface area contributed by atoms with Crippen molar-refractivity contribution in [1.29, 1.82) is 0 Å². The summed E-state index contributed by atoms with van der Waals surface area (Å²) in [4.78, 5) is 24.0. The molecule has 1 amide bonds. The highest BCUT2D eigenvalue weighted by molar-refractivity contribution is 5.79. The highest BCUT2D eigenvalue weighted by Gasteiger charge is 2.31. The molecule has 1 aromatic heterocycles. The molecular formula is C16H28N6O. The van der Waals surface area contributed by atoms with E-state index in [0.717, 1.165) is 58.2 Å². The standard InChI is InChI=1S/C16H28N6O/c1-3-20-8-10-21(11-9-20)13-15(23)22-7-4-17-12-14(22)16-18-5-6-19(16)2/h5-6,14,17H,3-4,7-13H2,1-2H3. The lowest BCUT2D eigenvalue weighted by Crippen LogP contribution is -2.54. The van der Waals surface area contributed by atoms with Crippen LogP contribution in [0.1, 0.15) is 18.8 Å². The normalized spacial score (nSPS) is 24.1. The van der Waals surface area contributed by atoms with Gasteiger partial charge in [0.25, 0.3) is 0 Å². The van der Waals surface area contributed by atoms with Gasteiger partial charge in [0, 0.05) is 65.3 Å². The minimum Gasteiger partial charge on any atom is -0.336 e. The summed E-state index contributed by atoms with van der Waals surface area (Å²) in [6.07, 6.45) is 3.74. The van der Waals surface area contributed by atoms with Gasteiger partial charge < -0.3 is 19.7 Å². The number of carbonyl (C=O) groups excluding carboxylic acids is 1. The number of hydrogen-bond acceptors (Lipinski definition) is 5. The maximum Gasteiger partial charge on any atom is 0.237 e. The zero-order chi connectivity index (χ0) is 16.2. The molecule has 0 aliphatic carbocycles. The van der Waals surface area contributed by atoms with Crippen molar-refractivity contribution < 1.29 is 4.79 Å². The van der Waals surface area contributed by atoms with Crippen LogP contribution in [0.5, 0.6) is 0 Å². The molecule has 0 aromatic carbocycles. The smallest absolute Gasteiger partial charge is 0.237 e. The van der Waals surface area contributed by atoms with E-state index in [1.165, 1.54) is 0 Å². The van der Waals surface area contributed by atoms with Crippen molar-refractivity contribution in [1.82, 2.24) is 29.6 Å². The first-order valence-electron chi connectivity index (χ1n) is 8.61. The van der Waals surface area contributed by atoms with Gasteiger partial charge in [-0.05, 0) is 6.54 Å². The van der Waals surface area contributed by atoms with Crippen LogP contribution in [0.25, 0.3) is 0 Å². The van der Waals surface area contributed by atoms with E-state index in [2.05, 4.69) is 27.0 Å². The number of hydrogen-bond donors (Lipinski definition) is 1. The van der Waals surface area contributed by atoms with E-state index >= 15 is 0 Å². The SMILES string of the molecule is CCN1CCN(CC(=O)N2CCNCC2c2nccn2C)CC1. The number of aryl methyl sites for hydroxylation is 1. The van der Waals surface area contributed by atoms with Crippen molar-refractivity contribution in [3.8, 4) is 0 Å². The average Bonchev–Trinajstić information content (AvgIpc) is 3.01. The highest BCUT2D eigenvalue weighted by atomic mass is 16.2. The van der Waals surface area contributed by atoms with Gasteiger partial charge in [-0.2, -0.15) is 0 Å². The number of amides is 1. The Bertz CT molecular complexity index is 522. The van der Waals surface area contributed by atoms with E-state index in [1.54, 1.807) is 6.20 Å². The molecule has 1 N–H and O–H groups in total. The number of nitrogens with one attached hydrogen (secondary N) is 1. The molecule has 1 unspecified atom stereocenters. The third kappa shape index (κ3) is 3.73. The maximum absolute atomic E-state index is 12.8. The van der Waals surface area contributed by atoms with Crippen LogP contribution < -0.4 is 5.32 Å². The summed E-state index contributed by atoms with van der Waals surface area (Å²) in [6, 6.07) is 0.0354. The van der Waals surface area contributed by atoms with E-state index in [0.29, 0.717) is 6.54 Å². The molecule has 1 aromatic rings. The quantitative estimate of drug-likeness (QED) is 0.813. The lowest BCUT2D eigenvalue weighted by molar-refractivity contribution is -0.136. The molecule has 2 aliphatic heterocycles. The molecule has 3 rings (SSSR count). The Morgan fingerprint density at radius 3 is 2.65 bits per heavy atom. The molecule has 0 spiro atoms. The Morgan fingerprint density at radius 2 is 2.00 bits per heavy atom. The van der Waals surface area contributed by atoms with E-state index in [4.69, 9.17) is 0 Å². The Balaban J connectivity index is 1.62. The van der Waals surface area contributed by atoms with Crippen molar-refractivity contribution in [2.75, 3.05) is 58.9 Å². The minimum absolute atomic E-state index is 0.0354. The Morgan fingerprint density at radius 1 is 1.26 bits per heavy atom. The van der Waals surface area contributed by atoms with Gasteiger partial charge >= 0.3 is 0 Å². The van der Waals surface area contributed by atoms with Crippen LogP contribution in [-0.4, -0.2) is 89.1 Å². The molecule has 0 radical (unpaired) electrons. The summed E-state index contributed by atoms with van der Waals surface area (Å²) in [5.41, 5.74) is 0. The molecule has 2 saturated heterocycles. The molecule has 23 heavy (non-hydrogen) atoms. The Kier molecular flexibility index (Phi) is 5.30. The summed E-state index contributed by atoms with van der Waals surface area (Å²) in [5, 5.41) is 3.38. The molecule has 7 heteroatoms. The van der Waals surface area contributed by atoms with Crippen molar-refractivity contribution >= 4 is 5.91 Å². The molecule has 128 valence electrons. The zero-order valence-electron chi connectivity index (χ0n) is 14.2. The van der Waals surface area contributed by atoms with Crippen LogP contribution in [-0.2, 0) is 11.8 Å². The van der Waals surface area contributed by atoms with Gasteiger partial charge in [0.2, 0.25) is 5.91 Å². The fourth-order valence-electron chi connectivity index (χ4n) is 3.48. The highest BCUT2D eigenvalue weighted by Crippen LogP contribution is 2.20. The van der Waals surface area contributed by atoms with E-state index in [1.807, 2.05) is 22.7 Å². The van der Waals surface area contributed by atoms with Gasteiger partial charge in [0.05, 0.1) is 6.54 Å². The van der Waals surface area contributed by atoms with Gasteiger partial charge in [0.1, 0.15) is 11.9 Å². The van der Waals surface area contributed by atoms with Gasteiger partial charge in [-0.3, -0.25) is 9.69 Å². The monoisotopic (exact) mass is 320 g/mol. The Labute approximate surface area is 138 Å². The van der Waals surface area contributed by atoms with Gasteiger partial charge in [-0.15, -0.1) is 0 Å². The topological polar surface area (TPSA) is 56.6 Å². The first-order valence-corrected chi connectivity index (χ1v) is 8.61. The maximum atomic E-state index is 12.8. The number of piperazine rings is 2. The first kappa shape index (κ1) is 16.4. The van der Waals surface area contributed by atoms with Crippen LogP contribution in [0, 0.1) is 0 Å². The van der Waals surface area contributed by atoms with Crippen LogP contribution in [0.4, 0.5) is 0 Å². The van der Waals surface area contributed by atoms with Gasteiger partial charge in [-0.1, -0.05) is 6.92 Å². The van der Waals surface area contributed by atoms with Crippen molar-refractivity contribution in [3.05, 3.63) is 18.2 Å². The van der Waals surface area contributed by atoms with E-state index < -0.39 is 0 Å². The third-order valence-electron chi connectivity index (χ3n) is 4.99. The summed E-state index contributed by atoms with van der Waals surface area (Å²) in [7, 11) is 1.99. The van der Waals surface area contributed by atoms with Crippen molar-refractivity contribution in [3.63, 3.8) is 0 Å². The second-order valence-corrected chi connectivity index (χ2v) is 6.41. The number of rotatable bonds is 4. The predicted octanol–water partition coefficient (Wildman–Crippen LogP) is -0.469. The first-order chi connectivity index (χ1) is 11.2. The summed E-state index contributed by atoms with van der Waals surface area (Å²) >= 11 is 0. The molecular weight excluding hydrogens is 292 g/mol. The second-order valence-electron chi connectivity index (χ2n) is 6.41. The fourth-order valence-corrected chi connectivity index (χ4v) is 3.48. The molecule has 3 heterocycles. The third-order valence-corrected chi connectivity index (χ3v) is 4.99. The number of likely N-dealkylation sites (N-methyl/N-ethyl adjacent to an activating group) is 1. The molecule has 0 bridgehead atoms. The number of imidazole rings is 1. The second kappa shape index (κ2) is 7.42. The van der Waals surface area contributed by atoms with Gasteiger partial charge in [-0.25, -0.2) is 4.98 Å². The summed E-state index contributed by atoms with van der Waals surface area (Å²) in [5.74, 6) is 1.19. The van der Waals surface area contributed by atoms with Gasteiger partial charge in [0.15, 0.2) is 0 Å². The summed E-state index contributed by atoms with van der Waals surface area (Å²) in [6.45, 7) is 10.3. The molecule has 1 atom stereocenters. The lowest BCUT2D eigenvalue weighted by atomic mass is 10.1. The van der Waals surface area contributed by atoms with Crippen LogP contribution >= 0.6 is 0 Å². The van der Waals surface area contributed by atoms with Crippen LogP contribution in [0.3, 0.4) is 0 Å². The largest absolute Gasteiger partial charge is 0.336 e. The molecule has 2 fully saturated rings. The fraction of sp³-hybridized carbons (Fsp3) is 0.750.